The van der Waals surface area contributed by atoms with E-state index in [-0.39, 0.29) is 5.91 Å². The number of nitrogens with one attached hydrogen (secondary N) is 2. The summed E-state index contributed by atoms with van der Waals surface area (Å²) in [6.07, 6.45) is 1.83. The van der Waals surface area contributed by atoms with Crippen molar-refractivity contribution >= 4 is 17.5 Å². The van der Waals surface area contributed by atoms with Crippen LogP contribution in [0.2, 0.25) is 5.02 Å². The highest BCUT2D eigenvalue weighted by molar-refractivity contribution is 6.31. The molecule has 114 valence electrons. The molecule has 5 heteroatoms. The maximum Gasteiger partial charge on any atom is 0.221 e. The summed E-state index contributed by atoms with van der Waals surface area (Å²) in [4.78, 5) is 14.4. The van der Waals surface area contributed by atoms with Gasteiger partial charge < -0.3 is 10.6 Å². The van der Waals surface area contributed by atoms with E-state index in [0.717, 1.165) is 37.7 Å². The zero-order chi connectivity index (χ0) is 14.7. The van der Waals surface area contributed by atoms with Crippen molar-refractivity contribution in [1.82, 2.24) is 15.5 Å². The molecule has 1 aromatic carbocycles. The van der Waals surface area contributed by atoms with Crippen LogP contribution in [-0.2, 0) is 11.3 Å². The van der Waals surface area contributed by atoms with Gasteiger partial charge in [-0.2, -0.15) is 0 Å². The first-order chi connectivity index (χ1) is 10.2. The maximum absolute atomic E-state index is 12.0. The molecular formula is C16H22ClN3O. The molecule has 2 aliphatic rings. The van der Waals surface area contributed by atoms with Crippen LogP contribution in [0.3, 0.4) is 0 Å². The molecular weight excluding hydrogens is 286 g/mol. The molecule has 2 aliphatic heterocycles. The van der Waals surface area contributed by atoms with Gasteiger partial charge in [0.05, 0.1) is 0 Å². The number of carbonyl (C=O) groups is 1. The number of nitrogens with zero attached hydrogens (tertiary/aromatic N) is 1. The van der Waals surface area contributed by atoms with Crippen molar-refractivity contribution < 1.29 is 4.79 Å². The lowest BCUT2D eigenvalue weighted by atomic mass is 10.1. The van der Waals surface area contributed by atoms with Crippen LogP contribution in [0.1, 0.15) is 18.4 Å². The molecule has 0 spiro atoms. The van der Waals surface area contributed by atoms with Gasteiger partial charge in [0, 0.05) is 37.1 Å². The van der Waals surface area contributed by atoms with Crippen LogP contribution in [0.5, 0.6) is 0 Å². The summed E-state index contributed by atoms with van der Waals surface area (Å²) >= 11 is 6.08. The van der Waals surface area contributed by atoms with Gasteiger partial charge in [0.2, 0.25) is 5.91 Å². The van der Waals surface area contributed by atoms with Crippen molar-refractivity contribution in [2.45, 2.75) is 25.4 Å². The van der Waals surface area contributed by atoms with Gasteiger partial charge in [0.15, 0.2) is 0 Å². The Hall–Kier alpha value is -1.10. The van der Waals surface area contributed by atoms with Gasteiger partial charge in [-0.25, -0.2) is 0 Å². The number of likely N-dealkylation sites (tertiary alicyclic amines) is 1. The normalized spacial score (nSPS) is 25.0. The van der Waals surface area contributed by atoms with Crippen LogP contribution >= 0.6 is 11.6 Å². The van der Waals surface area contributed by atoms with Crippen molar-refractivity contribution in [3.63, 3.8) is 0 Å². The first-order valence-corrected chi connectivity index (χ1v) is 8.06. The van der Waals surface area contributed by atoms with E-state index >= 15 is 0 Å². The number of benzene rings is 1. The molecule has 0 bridgehead atoms. The van der Waals surface area contributed by atoms with E-state index in [1.165, 1.54) is 6.42 Å². The molecule has 2 atom stereocenters. The fourth-order valence-electron chi connectivity index (χ4n) is 3.39. The summed E-state index contributed by atoms with van der Waals surface area (Å²) in [6.45, 7) is 4.71. The van der Waals surface area contributed by atoms with Crippen molar-refractivity contribution in [1.29, 1.82) is 0 Å². The Bertz CT molecular complexity index is 508. The van der Waals surface area contributed by atoms with Gasteiger partial charge in [-0.1, -0.05) is 29.8 Å². The first-order valence-electron chi connectivity index (χ1n) is 7.69. The van der Waals surface area contributed by atoms with Crippen LogP contribution < -0.4 is 10.6 Å². The van der Waals surface area contributed by atoms with Crippen LogP contribution in [0.15, 0.2) is 24.3 Å². The quantitative estimate of drug-likeness (QED) is 0.869. The molecule has 1 amide bonds. The minimum atomic E-state index is 0.101. The average Bonchev–Trinajstić information content (AvgIpc) is 3.08. The van der Waals surface area contributed by atoms with Gasteiger partial charge in [0.25, 0.3) is 0 Å². The molecule has 2 saturated heterocycles. The lowest BCUT2D eigenvalue weighted by Crippen LogP contribution is -2.37. The fourth-order valence-corrected chi connectivity index (χ4v) is 3.59. The Morgan fingerprint density at radius 1 is 1.38 bits per heavy atom. The summed E-state index contributed by atoms with van der Waals surface area (Å²) in [6, 6.07) is 8.26. The fraction of sp³-hybridized carbons (Fsp3) is 0.562. The Morgan fingerprint density at radius 3 is 3.10 bits per heavy atom. The first kappa shape index (κ1) is 14.8. The standard InChI is InChI=1S/C16H22ClN3O/c17-14-4-2-1-3-12(14)10-19-16(21)6-8-20-7-5-13-9-18-11-15(13)20/h1-4,13,15,18H,5-11H2,(H,19,21)/t13-,15+/m1/s1. The van der Waals surface area contributed by atoms with Gasteiger partial charge in [-0.05, 0) is 37.1 Å². The van der Waals surface area contributed by atoms with Gasteiger partial charge in [0.1, 0.15) is 0 Å². The molecule has 21 heavy (non-hydrogen) atoms. The molecule has 0 unspecified atom stereocenters. The lowest BCUT2D eigenvalue weighted by Gasteiger charge is -2.22. The van der Waals surface area contributed by atoms with Crippen LogP contribution in [0, 0.1) is 5.92 Å². The van der Waals surface area contributed by atoms with E-state index in [1.807, 2.05) is 24.3 Å². The monoisotopic (exact) mass is 307 g/mol. The van der Waals surface area contributed by atoms with Crippen molar-refractivity contribution in [2.24, 2.45) is 5.92 Å². The lowest BCUT2D eigenvalue weighted by molar-refractivity contribution is -0.121. The molecule has 4 nitrogen and oxygen atoms in total. The SMILES string of the molecule is O=C(CCN1CC[C@@H]2CNC[C@@H]21)NCc1ccccc1Cl. The van der Waals surface area contributed by atoms with Gasteiger partial charge in [-0.15, -0.1) is 0 Å². The number of carbonyl (C=O) groups excluding carboxylic acids is 1. The number of rotatable bonds is 5. The Kier molecular flexibility index (Phi) is 4.78. The number of fused-ring (bicyclic) bond motifs is 1. The van der Waals surface area contributed by atoms with E-state index in [9.17, 15) is 4.79 Å². The average molecular weight is 308 g/mol. The van der Waals surface area contributed by atoms with Crippen LogP contribution in [-0.4, -0.2) is 43.0 Å². The Balaban J connectivity index is 1.42. The predicted molar refractivity (Wildman–Crippen MR) is 84.3 cm³/mol. The van der Waals surface area contributed by atoms with Crippen LogP contribution in [0.4, 0.5) is 0 Å². The van der Waals surface area contributed by atoms with Crippen molar-refractivity contribution in [2.75, 3.05) is 26.2 Å². The molecule has 1 aromatic rings. The van der Waals surface area contributed by atoms with E-state index in [1.54, 1.807) is 0 Å². The largest absolute Gasteiger partial charge is 0.352 e. The summed E-state index contributed by atoms with van der Waals surface area (Å²) in [5.74, 6) is 0.889. The van der Waals surface area contributed by atoms with Crippen LogP contribution in [0.25, 0.3) is 0 Å². The Labute approximate surface area is 130 Å². The second-order valence-corrected chi connectivity index (χ2v) is 6.34. The molecule has 0 saturated carbocycles. The summed E-state index contributed by atoms with van der Waals surface area (Å²) in [5.41, 5.74) is 0.966. The molecule has 3 rings (SSSR count). The number of amides is 1. The van der Waals surface area contributed by atoms with Gasteiger partial charge in [-0.3, -0.25) is 9.69 Å². The van der Waals surface area contributed by atoms with E-state index in [4.69, 9.17) is 11.6 Å². The number of hydrogen-bond donors (Lipinski definition) is 2. The molecule has 2 heterocycles. The Morgan fingerprint density at radius 2 is 2.24 bits per heavy atom. The summed E-state index contributed by atoms with van der Waals surface area (Å²) in [5, 5.41) is 7.10. The second-order valence-electron chi connectivity index (χ2n) is 5.93. The maximum atomic E-state index is 12.0. The molecule has 2 fully saturated rings. The van der Waals surface area contributed by atoms with E-state index in [2.05, 4.69) is 15.5 Å². The highest BCUT2D eigenvalue weighted by Crippen LogP contribution is 2.26. The highest BCUT2D eigenvalue weighted by Gasteiger charge is 2.37. The summed E-state index contributed by atoms with van der Waals surface area (Å²) in [7, 11) is 0. The van der Waals surface area contributed by atoms with Gasteiger partial charge >= 0.3 is 0 Å². The smallest absolute Gasteiger partial charge is 0.221 e. The second kappa shape index (κ2) is 6.77. The predicted octanol–water partition coefficient (Wildman–Crippen LogP) is 1.64. The third-order valence-corrected chi connectivity index (χ3v) is 4.99. The minimum Gasteiger partial charge on any atom is -0.352 e. The summed E-state index contributed by atoms with van der Waals surface area (Å²) < 4.78 is 0. The van der Waals surface area contributed by atoms with E-state index < -0.39 is 0 Å². The molecule has 0 aliphatic carbocycles. The van der Waals surface area contributed by atoms with E-state index in [0.29, 0.717) is 24.0 Å². The zero-order valence-corrected chi connectivity index (χ0v) is 12.9. The third-order valence-electron chi connectivity index (χ3n) is 4.62. The number of hydrogen-bond acceptors (Lipinski definition) is 3. The van der Waals surface area contributed by atoms with Crippen molar-refractivity contribution in [3.05, 3.63) is 34.9 Å². The number of halogens is 1. The van der Waals surface area contributed by atoms with Crippen molar-refractivity contribution in [3.8, 4) is 0 Å². The highest BCUT2D eigenvalue weighted by atomic mass is 35.5. The molecule has 0 aromatic heterocycles. The molecule has 0 radical (unpaired) electrons. The topological polar surface area (TPSA) is 44.4 Å². The minimum absolute atomic E-state index is 0.101. The third kappa shape index (κ3) is 3.57. The molecule has 2 N–H and O–H groups in total. The zero-order valence-electron chi connectivity index (χ0n) is 12.1.